The minimum absolute atomic E-state index is 0.156. The van der Waals surface area contributed by atoms with E-state index in [0.717, 1.165) is 12.8 Å². The lowest BCUT2D eigenvalue weighted by Gasteiger charge is -2.20. The van der Waals surface area contributed by atoms with Crippen molar-refractivity contribution in [3.05, 3.63) is 29.8 Å². The SMILES string of the molecule is CCC(CC)NC(=O)Nc1cccc(C(=O)NC(C)(C)C)c1. The second-order valence-electron chi connectivity index (χ2n) is 6.40. The molecule has 0 unspecified atom stereocenters. The molecule has 0 saturated carbocycles. The highest BCUT2D eigenvalue weighted by Crippen LogP contribution is 2.12. The summed E-state index contributed by atoms with van der Waals surface area (Å²) in [5.41, 5.74) is 0.827. The molecule has 0 atom stereocenters. The van der Waals surface area contributed by atoms with E-state index in [0.29, 0.717) is 11.3 Å². The normalized spacial score (nSPS) is 11.2. The quantitative estimate of drug-likeness (QED) is 0.779. The second kappa shape index (κ2) is 7.82. The lowest BCUT2D eigenvalue weighted by Crippen LogP contribution is -2.40. The monoisotopic (exact) mass is 305 g/mol. The van der Waals surface area contributed by atoms with Crippen LogP contribution in [0.3, 0.4) is 0 Å². The van der Waals surface area contributed by atoms with E-state index in [1.165, 1.54) is 0 Å². The minimum atomic E-state index is -0.298. The molecule has 1 rings (SSSR count). The van der Waals surface area contributed by atoms with Gasteiger partial charge in [-0.15, -0.1) is 0 Å². The number of amides is 3. The van der Waals surface area contributed by atoms with Crippen LogP contribution in [-0.2, 0) is 0 Å². The Balaban J connectivity index is 2.72. The van der Waals surface area contributed by atoms with Crippen LogP contribution >= 0.6 is 0 Å². The molecule has 1 aromatic carbocycles. The van der Waals surface area contributed by atoms with E-state index in [2.05, 4.69) is 16.0 Å². The third-order valence-electron chi connectivity index (χ3n) is 3.19. The third-order valence-corrected chi connectivity index (χ3v) is 3.19. The molecule has 5 nitrogen and oxygen atoms in total. The Kier molecular flexibility index (Phi) is 6.40. The molecule has 0 bridgehead atoms. The average Bonchev–Trinajstić information content (AvgIpc) is 2.43. The van der Waals surface area contributed by atoms with Crippen LogP contribution in [0.5, 0.6) is 0 Å². The first-order chi connectivity index (χ1) is 10.2. The Labute approximate surface area is 132 Å². The van der Waals surface area contributed by atoms with Crippen LogP contribution < -0.4 is 16.0 Å². The summed E-state index contributed by atoms with van der Waals surface area (Å²) >= 11 is 0. The van der Waals surface area contributed by atoms with E-state index in [-0.39, 0.29) is 23.5 Å². The first-order valence-corrected chi connectivity index (χ1v) is 7.75. The van der Waals surface area contributed by atoms with Gasteiger partial charge in [-0.05, 0) is 51.8 Å². The van der Waals surface area contributed by atoms with Crippen molar-refractivity contribution in [2.45, 2.75) is 59.0 Å². The maximum absolute atomic E-state index is 12.1. The first-order valence-electron chi connectivity index (χ1n) is 7.75. The summed E-state index contributed by atoms with van der Waals surface area (Å²) < 4.78 is 0. The van der Waals surface area contributed by atoms with Crippen molar-refractivity contribution < 1.29 is 9.59 Å². The highest BCUT2D eigenvalue weighted by Gasteiger charge is 2.16. The van der Waals surface area contributed by atoms with Gasteiger partial charge in [-0.2, -0.15) is 0 Å². The molecule has 0 heterocycles. The fourth-order valence-corrected chi connectivity index (χ4v) is 2.00. The van der Waals surface area contributed by atoms with Crippen LogP contribution in [-0.4, -0.2) is 23.5 Å². The van der Waals surface area contributed by atoms with Crippen molar-refractivity contribution in [2.75, 3.05) is 5.32 Å². The average molecular weight is 305 g/mol. The van der Waals surface area contributed by atoms with Gasteiger partial charge in [0, 0.05) is 22.8 Å². The van der Waals surface area contributed by atoms with E-state index in [9.17, 15) is 9.59 Å². The zero-order valence-corrected chi connectivity index (χ0v) is 14.1. The van der Waals surface area contributed by atoms with Crippen LogP contribution in [0.4, 0.5) is 10.5 Å². The summed E-state index contributed by atoms with van der Waals surface area (Å²) in [7, 11) is 0. The Morgan fingerprint density at radius 3 is 2.32 bits per heavy atom. The Morgan fingerprint density at radius 2 is 1.77 bits per heavy atom. The summed E-state index contributed by atoms with van der Waals surface area (Å²) in [6.45, 7) is 9.85. The fraction of sp³-hybridized carbons (Fsp3) is 0.529. The maximum atomic E-state index is 12.1. The lowest BCUT2D eigenvalue weighted by molar-refractivity contribution is 0.0919. The number of rotatable bonds is 5. The van der Waals surface area contributed by atoms with Crippen molar-refractivity contribution in [2.24, 2.45) is 0 Å². The highest BCUT2D eigenvalue weighted by atomic mass is 16.2. The lowest BCUT2D eigenvalue weighted by atomic mass is 10.1. The van der Waals surface area contributed by atoms with Crippen molar-refractivity contribution in [3.63, 3.8) is 0 Å². The Hall–Kier alpha value is -2.04. The van der Waals surface area contributed by atoms with Gasteiger partial charge in [0.25, 0.3) is 5.91 Å². The molecule has 1 aromatic rings. The van der Waals surface area contributed by atoms with E-state index < -0.39 is 0 Å². The van der Waals surface area contributed by atoms with Gasteiger partial charge in [0.15, 0.2) is 0 Å². The van der Waals surface area contributed by atoms with Gasteiger partial charge in [-0.1, -0.05) is 19.9 Å². The van der Waals surface area contributed by atoms with Gasteiger partial charge < -0.3 is 16.0 Å². The molecule has 0 aliphatic heterocycles. The molecule has 0 aliphatic rings. The summed E-state index contributed by atoms with van der Waals surface area (Å²) in [5.74, 6) is -0.156. The van der Waals surface area contributed by atoms with Crippen LogP contribution in [0, 0.1) is 0 Å². The molecule has 0 saturated heterocycles. The summed E-state index contributed by atoms with van der Waals surface area (Å²) in [5, 5.41) is 8.57. The van der Waals surface area contributed by atoms with Gasteiger partial charge in [-0.25, -0.2) is 4.79 Å². The number of hydrogen-bond acceptors (Lipinski definition) is 2. The fourth-order valence-electron chi connectivity index (χ4n) is 2.00. The molecule has 3 N–H and O–H groups in total. The molecule has 5 heteroatoms. The Morgan fingerprint density at radius 1 is 1.14 bits per heavy atom. The second-order valence-corrected chi connectivity index (χ2v) is 6.40. The number of urea groups is 1. The van der Waals surface area contributed by atoms with Crippen LogP contribution in [0.1, 0.15) is 57.8 Å². The molecular weight excluding hydrogens is 278 g/mol. The predicted molar refractivity (Wildman–Crippen MR) is 90.2 cm³/mol. The number of hydrogen-bond donors (Lipinski definition) is 3. The zero-order valence-electron chi connectivity index (χ0n) is 14.1. The Bertz CT molecular complexity index is 517. The van der Waals surface area contributed by atoms with Gasteiger partial charge in [0.1, 0.15) is 0 Å². The summed E-state index contributed by atoms with van der Waals surface area (Å²) in [6.07, 6.45) is 1.77. The molecule has 0 radical (unpaired) electrons. The van der Waals surface area contributed by atoms with Gasteiger partial charge >= 0.3 is 6.03 Å². The number of benzene rings is 1. The largest absolute Gasteiger partial charge is 0.347 e. The molecule has 0 fully saturated rings. The van der Waals surface area contributed by atoms with Crippen LogP contribution in [0.15, 0.2) is 24.3 Å². The van der Waals surface area contributed by atoms with Crippen molar-refractivity contribution in [3.8, 4) is 0 Å². The van der Waals surface area contributed by atoms with Crippen molar-refractivity contribution in [1.82, 2.24) is 10.6 Å². The van der Waals surface area contributed by atoms with Gasteiger partial charge in [-0.3, -0.25) is 4.79 Å². The van der Waals surface area contributed by atoms with Crippen molar-refractivity contribution >= 4 is 17.6 Å². The molecule has 3 amide bonds. The number of carbonyl (C=O) groups is 2. The molecule has 0 aromatic heterocycles. The zero-order chi connectivity index (χ0) is 16.8. The van der Waals surface area contributed by atoms with E-state index in [1.807, 2.05) is 34.6 Å². The topological polar surface area (TPSA) is 70.2 Å². The predicted octanol–water partition coefficient (Wildman–Crippen LogP) is 3.53. The number of carbonyl (C=O) groups excluding carboxylic acids is 2. The summed E-state index contributed by atoms with van der Waals surface area (Å²) in [4.78, 5) is 24.1. The van der Waals surface area contributed by atoms with Crippen molar-refractivity contribution in [1.29, 1.82) is 0 Å². The molecule has 0 spiro atoms. The molecule has 122 valence electrons. The first kappa shape index (κ1) is 18.0. The smallest absolute Gasteiger partial charge is 0.319 e. The van der Waals surface area contributed by atoms with E-state index in [4.69, 9.17) is 0 Å². The third kappa shape index (κ3) is 6.16. The molecule has 0 aliphatic carbocycles. The molecule has 22 heavy (non-hydrogen) atoms. The van der Waals surface area contributed by atoms with Crippen LogP contribution in [0.25, 0.3) is 0 Å². The summed E-state index contributed by atoms with van der Waals surface area (Å²) in [6, 6.07) is 6.83. The van der Waals surface area contributed by atoms with Gasteiger partial charge in [0.05, 0.1) is 0 Å². The standard InChI is InChI=1S/C17H27N3O2/c1-6-13(7-2)18-16(22)19-14-10-8-9-12(11-14)15(21)20-17(3,4)5/h8-11,13H,6-7H2,1-5H3,(H,20,21)(H2,18,19,22). The minimum Gasteiger partial charge on any atom is -0.347 e. The number of anilines is 1. The van der Waals surface area contributed by atoms with Crippen LogP contribution in [0.2, 0.25) is 0 Å². The van der Waals surface area contributed by atoms with E-state index in [1.54, 1.807) is 24.3 Å². The van der Waals surface area contributed by atoms with E-state index >= 15 is 0 Å². The molecular formula is C17H27N3O2. The maximum Gasteiger partial charge on any atom is 0.319 e. The number of nitrogens with one attached hydrogen (secondary N) is 3. The van der Waals surface area contributed by atoms with Gasteiger partial charge in [0.2, 0.25) is 0 Å². The highest BCUT2D eigenvalue weighted by molar-refractivity contribution is 5.97.